The number of nitrogens with one attached hydrogen (secondary N) is 1. The van der Waals surface area contributed by atoms with E-state index in [1.807, 2.05) is 0 Å². The van der Waals surface area contributed by atoms with E-state index in [2.05, 4.69) is 15.0 Å². The highest BCUT2D eigenvalue weighted by Crippen LogP contribution is 2.14. The van der Waals surface area contributed by atoms with Gasteiger partial charge in [0.1, 0.15) is 12.0 Å². The SMILES string of the molecule is O=C(CC1COCCN1)N1CCN(S(=O)(=O)Cc2ccon2)CC1. The Labute approximate surface area is 141 Å². The topological polar surface area (TPSA) is 105 Å². The van der Waals surface area contributed by atoms with Crippen molar-refractivity contribution in [1.29, 1.82) is 0 Å². The van der Waals surface area contributed by atoms with Crippen LogP contribution in [0, 0.1) is 0 Å². The van der Waals surface area contributed by atoms with Gasteiger partial charge in [-0.1, -0.05) is 5.16 Å². The molecule has 0 spiro atoms. The second-order valence-corrected chi connectivity index (χ2v) is 7.93. The fourth-order valence-electron chi connectivity index (χ4n) is 2.90. The van der Waals surface area contributed by atoms with Gasteiger partial charge in [0.15, 0.2) is 0 Å². The van der Waals surface area contributed by atoms with Crippen LogP contribution >= 0.6 is 0 Å². The van der Waals surface area contributed by atoms with E-state index in [-0.39, 0.29) is 17.7 Å². The average molecular weight is 358 g/mol. The molecule has 24 heavy (non-hydrogen) atoms. The number of carbonyl (C=O) groups is 1. The van der Waals surface area contributed by atoms with Crippen LogP contribution in [0.2, 0.25) is 0 Å². The fourth-order valence-corrected chi connectivity index (χ4v) is 4.32. The van der Waals surface area contributed by atoms with E-state index in [0.29, 0.717) is 51.5 Å². The van der Waals surface area contributed by atoms with Gasteiger partial charge in [0.2, 0.25) is 15.9 Å². The van der Waals surface area contributed by atoms with Crippen LogP contribution in [0.5, 0.6) is 0 Å². The number of sulfonamides is 1. The molecule has 0 aliphatic carbocycles. The minimum Gasteiger partial charge on any atom is -0.378 e. The summed E-state index contributed by atoms with van der Waals surface area (Å²) in [4.78, 5) is 14.0. The largest absolute Gasteiger partial charge is 0.378 e. The molecule has 0 saturated carbocycles. The zero-order chi connectivity index (χ0) is 17.0. The zero-order valence-corrected chi connectivity index (χ0v) is 14.2. The molecule has 3 rings (SSSR count). The number of rotatable bonds is 5. The molecule has 1 N–H and O–H groups in total. The average Bonchev–Trinajstić information content (AvgIpc) is 3.08. The van der Waals surface area contributed by atoms with E-state index in [1.54, 1.807) is 4.90 Å². The molecule has 2 aliphatic heterocycles. The summed E-state index contributed by atoms with van der Waals surface area (Å²) in [6, 6.07) is 1.58. The first-order chi connectivity index (χ1) is 11.5. The van der Waals surface area contributed by atoms with Crippen LogP contribution in [-0.4, -0.2) is 80.7 Å². The maximum absolute atomic E-state index is 12.4. The predicted molar refractivity (Wildman–Crippen MR) is 84.5 cm³/mol. The van der Waals surface area contributed by atoms with Crippen LogP contribution in [0.1, 0.15) is 12.1 Å². The molecule has 1 atom stereocenters. The van der Waals surface area contributed by atoms with Crippen LogP contribution in [0.4, 0.5) is 0 Å². The number of nitrogens with zero attached hydrogens (tertiary/aromatic N) is 3. The number of piperazine rings is 1. The molecule has 9 nitrogen and oxygen atoms in total. The summed E-state index contributed by atoms with van der Waals surface area (Å²) >= 11 is 0. The highest BCUT2D eigenvalue weighted by atomic mass is 32.2. The van der Waals surface area contributed by atoms with Gasteiger partial charge in [-0.2, -0.15) is 4.31 Å². The maximum Gasteiger partial charge on any atom is 0.224 e. The molecule has 2 saturated heterocycles. The Morgan fingerprint density at radius 2 is 2.12 bits per heavy atom. The lowest BCUT2D eigenvalue weighted by Gasteiger charge is -2.35. The molecule has 1 aromatic heterocycles. The monoisotopic (exact) mass is 358 g/mol. The van der Waals surface area contributed by atoms with Crippen LogP contribution in [0.15, 0.2) is 16.9 Å². The molecule has 0 aromatic carbocycles. The van der Waals surface area contributed by atoms with Gasteiger partial charge in [-0.05, 0) is 0 Å². The van der Waals surface area contributed by atoms with Crippen molar-refractivity contribution >= 4 is 15.9 Å². The smallest absolute Gasteiger partial charge is 0.224 e. The van der Waals surface area contributed by atoms with Crippen molar-refractivity contribution in [2.45, 2.75) is 18.2 Å². The van der Waals surface area contributed by atoms with Gasteiger partial charge >= 0.3 is 0 Å². The van der Waals surface area contributed by atoms with Crippen molar-refractivity contribution in [1.82, 2.24) is 19.7 Å². The number of carbonyl (C=O) groups excluding carboxylic acids is 1. The van der Waals surface area contributed by atoms with E-state index in [0.717, 1.165) is 6.54 Å². The number of amides is 1. The summed E-state index contributed by atoms with van der Waals surface area (Å²) < 4.78 is 36.1. The first-order valence-corrected chi connectivity index (χ1v) is 9.61. The molecule has 134 valence electrons. The van der Waals surface area contributed by atoms with Crippen molar-refractivity contribution in [3.63, 3.8) is 0 Å². The quantitative estimate of drug-likeness (QED) is 0.722. The van der Waals surface area contributed by atoms with Gasteiger partial charge in [0.05, 0.1) is 18.9 Å². The molecule has 1 unspecified atom stereocenters. The molecular weight excluding hydrogens is 336 g/mol. The van der Waals surface area contributed by atoms with Crippen molar-refractivity contribution < 1.29 is 22.5 Å². The normalized spacial score (nSPS) is 23.3. The summed E-state index contributed by atoms with van der Waals surface area (Å²) in [6.45, 7) is 3.40. The van der Waals surface area contributed by atoms with Gasteiger partial charge in [0, 0.05) is 51.3 Å². The summed E-state index contributed by atoms with van der Waals surface area (Å²) in [5.74, 6) is -0.146. The number of hydrogen-bond acceptors (Lipinski definition) is 7. The molecule has 1 amide bonds. The Balaban J connectivity index is 1.48. The molecule has 3 heterocycles. The first-order valence-electron chi connectivity index (χ1n) is 8.00. The van der Waals surface area contributed by atoms with E-state index in [1.165, 1.54) is 16.6 Å². The lowest BCUT2D eigenvalue weighted by atomic mass is 10.1. The molecule has 0 radical (unpaired) electrons. The van der Waals surface area contributed by atoms with Crippen LogP contribution in [0.25, 0.3) is 0 Å². The minimum atomic E-state index is -3.44. The van der Waals surface area contributed by atoms with Crippen molar-refractivity contribution in [2.75, 3.05) is 45.9 Å². The minimum absolute atomic E-state index is 0.0338. The maximum atomic E-state index is 12.4. The Kier molecular flexibility index (Phi) is 5.49. The van der Waals surface area contributed by atoms with Gasteiger partial charge in [-0.3, -0.25) is 4.79 Å². The standard InChI is InChI=1S/C14H22N4O5S/c19-14(9-13-10-22-8-2-15-13)17-3-5-18(6-4-17)24(20,21)11-12-1-7-23-16-12/h1,7,13,15H,2-6,8-11H2. The second-order valence-electron chi connectivity index (χ2n) is 5.96. The Morgan fingerprint density at radius 3 is 2.75 bits per heavy atom. The number of ether oxygens (including phenoxy) is 1. The highest BCUT2D eigenvalue weighted by molar-refractivity contribution is 7.88. The Morgan fingerprint density at radius 1 is 1.33 bits per heavy atom. The molecular formula is C14H22N4O5S. The molecule has 10 heteroatoms. The van der Waals surface area contributed by atoms with E-state index in [9.17, 15) is 13.2 Å². The Bertz CT molecular complexity index is 634. The van der Waals surface area contributed by atoms with Gasteiger partial charge in [0.25, 0.3) is 0 Å². The predicted octanol–water partition coefficient (Wildman–Crippen LogP) is -0.973. The molecule has 2 fully saturated rings. The first kappa shape index (κ1) is 17.3. The van der Waals surface area contributed by atoms with Crippen LogP contribution in [0.3, 0.4) is 0 Å². The third-order valence-corrected chi connectivity index (χ3v) is 6.04. The summed E-state index contributed by atoms with van der Waals surface area (Å²) in [5.41, 5.74) is 0.386. The summed E-state index contributed by atoms with van der Waals surface area (Å²) in [6.07, 6.45) is 1.73. The molecule has 1 aromatic rings. The van der Waals surface area contributed by atoms with E-state index in [4.69, 9.17) is 4.74 Å². The van der Waals surface area contributed by atoms with Crippen molar-refractivity contribution in [3.8, 4) is 0 Å². The van der Waals surface area contributed by atoms with E-state index >= 15 is 0 Å². The van der Waals surface area contributed by atoms with Gasteiger partial charge in [-0.15, -0.1) is 0 Å². The lowest BCUT2D eigenvalue weighted by molar-refractivity contribution is -0.133. The van der Waals surface area contributed by atoms with E-state index < -0.39 is 10.0 Å². The highest BCUT2D eigenvalue weighted by Gasteiger charge is 2.30. The number of morpholine rings is 1. The van der Waals surface area contributed by atoms with Gasteiger partial charge in [-0.25, -0.2) is 8.42 Å². The third-order valence-electron chi connectivity index (χ3n) is 4.23. The third kappa shape index (κ3) is 4.32. The zero-order valence-electron chi connectivity index (χ0n) is 13.4. The number of hydrogen-bond donors (Lipinski definition) is 1. The van der Waals surface area contributed by atoms with Crippen molar-refractivity contribution in [3.05, 3.63) is 18.0 Å². The lowest BCUT2D eigenvalue weighted by Crippen LogP contribution is -2.52. The number of aromatic nitrogens is 1. The molecule has 0 bridgehead atoms. The van der Waals surface area contributed by atoms with Crippen LogP contribution in [-0.2, 0) is 25.3 Å². The second kappa shape index (κ2) is 7.60. The summed E-state index contributed by atoms with van der Waals surface area (Å²) in [5, 5.41) is 6.89. The van der Waals surface area contributed by atoms with Gasteiger partial charge < -0.3 is 19.5 Å². The molecule has 2 aliphatic rings. The fraction of sp³-hybridized carbons (Fsp3) is 0.714. The summed E-state index contributed by atoms with van der Waals surface area (Å²) in [7, 11) is -3.44. The van der Waals surface area contributed by atoms with Crippen LogP contribution < -0.4 is 5.32 Å². The van der Waals surface area contributed by atoms with Crippen molar-refractivity contribution in [2.24, 2.45) is 0 Å². The Hall–Kier alpha value is -1.49.